The Morgan fingerprint density at radius 2 is 1.94 bits per heavy atom. The molecule has 0 N–H and O–H groups in total. The van der Waals surface area contributed by atoms with Gasteiger partial charge in [-0.1, -0.05) is 34.7 Å². The molecule has 0 amide bonds. The van der Waals surface area contributed by atoms with Crippen molar-refractivity contribution >= 4 is 72.6 Å². The monoisotopic (exact) mass is 729 g/mol. The Morgan fingerprint density at radius 1 is 1.25 bits per heavy atom. The lowest BCUT2D eigenvalue weighted by Crippen LogP contribution is -2.41. The van der Waals surface area contributed by atoms with Gasteiger partial charge in [-0.25, -0.2) is 0 Å². The lowest BCUT2D eigenvalue weighted by atomic mass is 9.94. The molecule has 2 aromatic rings. The van der Waals surface area contributed by atoms with Gasteiger partial charge in [0.05, 0.1) is 5.69 Å². The minimum atomic E-state index is -2.91. The van der Waals surface area contributed by atoms with E-state index in [4.69, 9.17) is 4.74 Å². The second-order valence-corrected chi connectivity index (χ2v) is 12.8. The molecule has 172 valence electrons. The molecule has 0 aromatic heterocycles. The van der Waals surface area contributed by atoms with Crippen LogP contribution in [-0.2, 0) is 6.42 Å². The van der Waals surface area contributed by atoms with E-state index in [1.807, 2.05) is 6.07 Å². The maximum atomic E-state index is 13.1. The van der Waals surface area contributed by atoms with Gasteiger partial charge in [0.2, 0.25) is 0 Å². The number of alkyl halides is 4. The first-order valence-corrected chi connectivity index (χ1v) is 13.7. The number of carbonyl (C=O) groups excluding carboxylic acids is 1. The highest BCUT2D eigenvalue weighted by atomic mass is 127. The number of Topliss-reactive ketones (excluding diaryl/α,β-unsaturated/α-hetero) is 1. The standard InChI is InChI=1S/C24H24BrF2I2NO2/c1-13(2)30-22-18(17-7-8-20(28)23(17)30)10-15(11-19(22)25)21(31)9-14-3-5-16(6-4-14)32-12-24(26,27)29/h3-6,10-11,13,17,20,23H,7-9,12H2,1-2H3. The molecule has 32 heavy (non-hydrogen) atoms. The molecular formula is C24H24BrF2I2NO2. The maximum Gasteiger partial charge on any atom is 0.329 e. The van der Waals surface area contributed by atoms with Crippen molar-refractivity contribution in [2.24, 2.45) is 0 Å². The van der Waals surface area contributed by atoms with E-state index in [-0.39, 0.29) is 12.2 Å². The van der Waals surface area contributed by atoms with Crippen LogP contribution in [0.5, 0.6) is 5.75 Å². The fraction of sp³-hybridized carbons (Fsp3) is 0.458. The summed E-state index contributed by atoms with van der Waals surface area (Å²) in [5.74, 6) is 0.877. The third-order valence-corrected chi connectivity index (χ3v) is 8.45. The van der Waals surface area contributed by atoms with E-state index in [2.05, 4.69) is 63.3 Å². The fourth-order valence-electron chi connectivity index (χ4n) is 4.88. The Bertz CT molecular complexity index is 1010. The van der Waals surface area contributed by atoms with Gasteiger partial charge in [-0.05, 0) is 78.0 Å². The van der Waals surface area contributed by atoms with Crippen LogP contribution in [0.25, 0.3) is 0 Å². The first kappa shape index (κ1) is 24.6. The SMILES string of the molecule is CC(C)N1c2c(Br)cc(C(=O)Cc3ccc(OCC(F)(F)I)cc3)cc2C2CCC(I)C21. The van der Waals surface area contributed by atoms with Crippen LogP contribution in [0.15, 0.2) is 40.9 Å². The minimum Gasteiger partial charge on any atom is -0.486 e. The molecule has 0 spiro atoms. The van der Waals surface area contributed by atoms with E-state index >= 15 is 0 Å². The molecule has 3 nitrogen and oxygen atoms in total. The average Bonchev–Trinajstić information content (AvgIpc) is 3.25. The average molecular weight is 730 g/mol. The van der Waals surface area contributed by atoms with E-state index in [1.54, 1.807) is 24.3 Å². The molecule has 3 unspecified atom stereocenters. The van der Waals surface area contributed by atoms with Gasteiger partial charge in [-0.15, -0.1) is 0 Å². The first-order valence-electron chi connectivity index (χ1n) is 10.6. The van der Waals surface area contributed by atoms with Crippen LogP contribution in [0, 0.1) is 0 Å². The van der Waals surface area contributed by atoms with Gasteiger partial charge in [0.15, 0.2) is 12.4 Å². The predicted octanol–water partition coefficient (Wildman–Crippen LogP) is 7.56. The van der Waals surface area contributed by atoms with Crippen LogP contribution < -0.4 is 9.64 Å². The van der Waals surface area contributed by atoms with Crippen molar-refractivity contribution < 1.29 is 18.3 Å². The van der Waals surface area contributed by atoms with Gasteiger partial charge >= 0.3 is 3.93 Å². The highest BCUT2D eigenvalue weighted by Crippen LogP contribution is 2.54. The number of anilines is 1. The fourth-order valence-corrected chi connectivity index (χ4v) is 6.93. The smallest absolute Gasteiger partial charge is 0.329 e. The summed E-state index contributed by atoms with van der Waals surface area (Å²) in [5.41, 5.74) is 4.06. The number of ether oxygens (including phenoxy) is 1. The summed E-state index contributed by atoms with van der Waals surface area (Å²) in [5, 5.41) is 0. The van der Waals surface area contributed by atoms with Crippen molar-refractivity contribution in [3.63, 3.8) is 0 Å². The van der Waals surface area contributed by atoms with E-state index in [1.165, 1.54) is 17.7 Å². The van der Waals surface area contributed by atoms with Gasteiger partial charge < -0.3 is 9.64 Å². The number of fused-ring (bicyclic) bond motifs is 3. The van der Waals surface area contributed by atoms with E-state index in [0.717, 1.165) is 39.0 Å². The summed E-state index contributed by atoms with van der Waals surface area (Å²) in [6, 6.07) is 11.7. The molecular weight excluding hydrogens is 706 g/mol. The summed E-state index contributed by atoms with van der Waals surface area (Å²) in [6.07, 6.45) is 2.60. The molecule has 3 atom stereocenters. The third-order valence-electron chi connectivity index (χ3n) is 6.18. The Kier molecular flexibility index (Phi) is 7.42. The number of carbonyl (C=O) groups is 1. The second kappa shape index (κ2) is 9.64. The summed E-state index contributed by atoms with van der Waals surface area (Å²) in [7, 11) is 0. The Balaban J connectivity index is 1.53. The van der Waals surface area contributed by atoms with Crippen LogP contribution >= 0.6 is 61.1 Å². The zero-order valence-corrected chi connectivity index (χ0v) is 23.7. The summed E-state index contributed by atoms with van der Waals surface area (Å²) in [6.45, 7) is 3.78. The van der Waals surface area contributed by atoms with E-state index in [9.17, 15) is 13.6 Å². The van der Waals surface area contributed by atoms with Gasteiger partial charge in [-0.3, -0.25) is 4.79 Å². The number of hydrogen-bond donors (Lipinski definition) is 0. The summed E-state index contributed by atoms with van der Waals surface area (Å²) < 4.78 is 29.7. The van der Waals surface area contributed by atoms with Crippen molar-refractivity contribution in [1.29, 1.82) is 0 Å². The lowest BCUT2D eigenvalue weighted by molar-refractivity contribution is 0.0647. The molecule has 1 aliphatic carbocycles. The molecule has 0 bridgehead atoms. The molecule has 0 saturated heterocycles. The van der Waals surface area contributed by atoms with Gasteiger partial charge in [0.1, 0.15) is 5.75 Å². The summed E-state index contributed by atoms with van der Waals surface area (Å²) >= 11 is 7.39. The van der Waals surface area contributed by atoms with Crippen LogP contribution in [0.1, 0.15) is 54.1 Å². The number of rotatable bonds is 7. The highest BCUT2D eigenvalue weighted by molar-refractivity contribution is 14.1. The third kappa shape index (κ3) is 5.11. The van der Waals surface area contributed by atoms with Gasteiger partial charge in [0, 0.05) is 61.0 Å². The molecule has 8 heteroatoms. The van der Waals surface area contributed by atoms with Crippen molar-refractivity contribution in [2.45, 2.75) is 59.0 Å². The Morgan fingerprint density at radius 3 is 2.56 bits per heavy atom. The Labute approximate surface area is 223 Å². The van der Waals surface area contributed by atoms with Crippen molar-refractivity contribution in [3.05, 3.63) is 57.6 Å². The second-order valence-electron chi connectivity index (χ2n) is 8.74. The predicted molar refractivity (Wildman–Crippen MR) is 144 cm³/mol. The molecule has 2 aliphatic rings. The largest absolute Gasteiger partial charge is 0.486 e. The minimum absolute atomic E-state index is 0.0459. The van der Waals surface area contributed by atoms with Crippen LogP contribution in [0.3, 0.4) is 0 Å². The van der Waals surface area contributed by atoms with Crippen LogP contribution in [0.4, 0.5) is 14.5 Å². The van der Waals surface area contributed by atoms with E-state index in [0.29, 0.717) is 33.2 Å². The number of halogens is 5. The van der Waals surface area contributed by atoms with Gasteiger partial charge in [-0.2, -0.15) is 8.78 Å². The molecule has 1 heterocycles. The van der Waals surface area contributed by atoms with Crippen molar-refractivity contribution in [1.82, 2.24) is 0 Å². The lowest BCUT2D eigenvalue weighted by Gasteiger charge is -2.33. The molecule has 1 aliphatic heterocycles. The number of nitrogens with zero attached hydrogens (tertiary/aromatic N) is 1. The zero-order valence-electron chi connectivity index (χ0n) is 17.8. The number of ketones is 1. The van der Waals surface area contributed by atoms with E-state index < -0.39 is 10.5 Å². The van der Waals surface area contributed by atoms with Crippen LogP contribution in [-0.4, -0.2) is 32.3 Å². The molecule has 2 aromatic carbocycles. The van der Waals surface area contributed by atoms with Crippen LogP contribution in [0.2, 0.25) is 0 Å². The Hall–Kier alpha value is -0.490. The topological polar surface area (TPSA) is 29.5 Å². The van der Waals surface area contributed by atoms with Crippen molar-refractivity contribution in [2.75, 3.05) is 11.5 Å². The number of hydrogen-bond acceptors (Lipinski definition) is 3. The molecule has 1 fully saturated rings. The molecule has 0 radical (unpaired) electrons. The number of benzene rings is 2. The molecule has 4 rings (SSSR count). The highest BCUT2D eigenvalue weighted by Gasteiger charge is 2.48. The maximum absolute atomic E-state index is 13.1. The quantitative estimate of drug-likeness (QED) is 0.168. The first-order chi connectivity index (χ1) is 15.0. The molecule has 1 saturated carbocycles. The van der Waals surface area contributed by atoms with Crippen molar-refractivity contribution in [3.8, 4) is 5.75 Å². The summed E-state index contributed by atoms with van der Waals surface area (Å²) in [4.78, 5) is 15.6. The van der Waals surface area contributed by atoms with Gasteiger partial charge in [0.25, 0.3) is 0 Å². The zero-order chi connectivity index (χ0) is 23.2. The normalized spacial score (nSPS) is 22.2.